The van der Waals surface area contributed by atoms with Crippen molar-refractivity contribution < 1.29 is 4.74 Å². The zero-order chi connectivity index (χ0) is 13.8. The Labute approximate surface area is 117 Å². The molecule has 1 aliphatic carbocycles. The van der Waals surface area contributed by atoms with Gasteiger partial charge in [0.2, 0.25) is 0 Å². The molecule has 1 aliphatic rings. The third kappa shape index (κ3) is 3.16. The highest BCUT2D eigenvalue weighted by Crippen LogP contribution is 2.28. The van der Waals surface area contributed by atoms with Crippen LogP contribution in [0.5, 0.6) is 0 Å². The molecule has 1 fully saturated rings. The van der Waals surface area contributed by atoms with Gasteiger partial charge in [0.15, 0.2) is 0 Å². The van der Waals surface area contributed by atoms with Gasteiger partial charge in [-0.25, -0.2) is 4.68 Å². The van der Waals surface area contributed by atoms with E-state index in [9.17, 15) is 4.79 Å². The molecule has 0 atom stereocenters. The van der Waals surface area contributed by atoms with Crippen molar-refractivity contribution in [2.24, 2.45) is 0 Å². The van der Waals surface area contributed by atoms with E-state index in [0.29, 0.717) is 24.4 Å². The third-order valence-electron chi connectivity index (χ3n) is 3.14. The maximum absolute atomic E-state index is 11.9. The van der Waals surface area contributed by atoms with Gasteiger partial charge in [0.25, 0.3) is 5.56 Å². The van der Waals surface area contributed by atoms with Crippen LogP contribution in [-0.4, -0.2) is 28.5 Å². The van der Waals surface area contributed by atoms with Crippen molar-refractivity contribution in [3.05, 3.63) is 34.2 Å². The Kier molecular flexibility index (Phi) is 4.61. The normalized spacial score (nSPS) is 21.8. The monoisotopic (exact) mass is 283 g/mol. The summed E-state index contributed by atoms with van der Waals surface area (Å²) < 4.78 is 6.77. The van der Waals surface area contributed by atoms with Gasteiger partial charge in [0.05, 0.1) is 24.5 Å². The molecule has 0 unspecified atom stereocenters. The molecular formula is C13H18ClN3O2. The van der Waals surface area contributed by atoms with Gasteiger partial charge in [-0.15, -0.1) is 6.58 Å². The predicted octanol–water partition coefficient (Wildman–Crippen LogP) is 2.06. The van der Waals surface area contributed by atoms with Crippen molar-refractivity contribution in [1.82, 2.24) is 9.78 Å². The van der Waals surface area contributed by atoms with Gasteiger partial charge in [0.1, 0.15) is 5.02 Å². The van der Waals surface area contributed by atoms with E-state index in [0.717, 1.165) is 19.4 Å². The Balaban J connectivity index is 2.00. The summed E-state index contributed by atoms with van der Waals surface area (Å²) in [4.78, 5) is 11.9. The van der Waals surface area contributed by atoms with E-state index in [1.807, 2.05) is 6.92 Å². The minimum Gasteiger partial charge on any atom is -0.379 e. The maximum Gasteiger partial charge on any atom is 0.287 e. The fraction of sp³-hybridized carbons (Fsp3) is 0.538. The van der Waals surface area contributed by atoms with Crippen LogP contribution >= 0.6 is 11.6 Å². The molecule has 1 N–H and O–H groups in total. The number of hydrogen-bond donors (Lipinski definition) is 1. The topological polar surface area (TPSA) is 56.1 Å². The summed E-state index contributed by atoms with van der Waals surface area (Å²) in [6, 6.07) is 0.297. The van der Waals surface area contributed by atoms with Gasteiger partial charge in [-0.3, -0.25) is 4.79 Å². The lowest BCUT2D eigenvalue weighted by Crippen LogP contribution is -2.41. The van der Waals surface area contributed by atoms with E-state index < -0.39 is 0 Å². The Morgan fingerprint density at radius 3 is 3.05 bits per heavy atom. The fourth-order valence-electron chi connectivity index (χ4n) is 2.09. The van der Waals surface area contributed by atoms with Crippen molar-refractivity contribution >= 4 is 17.3 Å². The van der Waals surface area contributed by atoms with Crippen LogP contribution in [-0.2, 0) is 11.3 Å². The summed E-state index contributed by atoms with van der Waals surface area (Å²) in [7, 11) is 0. The van der Waals surface area contributed by atoms with E-state index in [1.165, 1.54) is 4.68 Å². The molecule has 19 heavy (non-hydrogen) atoms. The number of hydrogen-bond acceptors (Lipinski definition) is 4. The fourth-order valence-corrected chi connectivity index (χ4v) is 2.29. The number of halogens is 1. The van der Waals surface area contributed by atoms with E-state index >= 15 is 0 Å². The SMILES string of the molecule is C=CCn1ncc(NC2CC(OCC)C2)c(Cl)c1=O. The van der Waals surface area contributed by atoms with Crippen LogP contribution in [0.25, 0.3) is 0 Å². The van der Waals surface area contributed by atoms with Gasteiger partial charge >= 0.3 is 0 Å². The molecule has 1 heterocycles. The Bertz CT molecular complexity index is 509. The summed E-state index contributed by atoms with van der Waals surface area (Å²) in [5.41, 5.74) is 0.291. The number of aromatic nitrogens is 2. The second kappa shape index (κ2) is 6.21. The van der Waals surface area contributed by atoms with E-state index in [1.54, 1.807) is 12.3 Å². The number of nitrogens with one attached hydrogen (secondary N) is 1. The summed E-state index contributed by atoms with van der Waals surface area (Å²) in [6.45, 7) is 6.65. The average Bonchev–Trinajstić information content (AvgIpc) is 2.35. The standard InChI is InChI=1S/C13H18ClN3O2/c1-3-5-17-13(18)12(14)11(8-15-17)16-9-6-10(7-9)19-4-2/h3,8-10,16H,1,4-7H2,2H3. The molecule has 0 radical (unpaired) electrons. The molecule has 0 saturated heterocycles. The number of nitrogens with zero attached hydrogens (tertiary/aromatic N) is 2. The minimum absolute atomic E-state index is 0.178. The summed E-state index contributed by atoms with van der Waals surface area (Å²) in [5.74, 6) is 0. The molecule has 0 aliphatic heterocycles. The molecular weight excluding hydrogens is 266 g/mol. The second-order valence-corrected chi connectivity index (χ2v) is 4.92. The van der Waals surface area contributed by atoms with Crippen LogP contribution in [0, 0.1) is 0 Å². The number of rotatable bonds is 6. The second-order valence-electron chi connectivity index (χ2n) is 4.54. The summed E-state index contributed by atoms with van der Waals surface area (Å²) in [5, 5.41) is 7.46. The van der Waals surface area contributed by atoms with Gasteiger partial charge in [-0.1, -0.05) is 17.7 Å². The number of ether oxygens (including phenoxy) is 1. The molecule has 0 bridgehead atoms. The first kappa shape index (κ1) is 14.1. The summed E-state index contributed by atoms with van der Waals surface area (Å²) >= 11 is 6.06. The van der Waals surface area contributed by atoms with Crippen LogP contribution in [0.3, 0.4) is 0 Å². The molecule has 5 nitrogen and oxygen atoms in total. The average molecular weight is 284 g/mol. The first-order valence-corrected chi connectivity index (χ1v) is 6.78. The van der Waals surface area contributed by atoms with E-state index in [2.05, 4.69) is 17.0 Å². The highest BCUT2D eigenvalue weighted by atomic mass is 35.5. The van der Waals surface area contributed by atoms with Crippen LogP contribution < -0.4 is 10.9 Å². The molecule has 6 heteroatoms. The molecule has 2 rings (SSSR count). The van der Waals surface area contributed by atoms with Crippen LogP contribution in [0.2, 0.25) is 5.02 Å². The zero-order valence-electron chi connectivity index (χ0n) is 10.9. The molecule has 1 aromatic rings. The Morgan fingerprint density at radius 2 is 2.42 bits per heavy atom. The molecule has 1 saturated carbocycles. The van der Waals surface area contributed by atoms with Crippen molar-refractivity contribution in [3.8, 4) is 0 Å². The smallest absolute Gasteiger partial charge is 0.287 e. The first-order valence-electron chi connectivity index (χ1n) is 6.40. The number of allylic oxidation sites excluding steroid dienone is 1. The highest BCUT2D eigenvalue weighted by molar-refractivity contribution is 6.32. The lowest BCUT2D eigenvalue weighted by atomic mass is 9.89. The maximum atomic E-state index is 11.9. The third-order valence-corrected chi connectivity index (χ3v) is 3.51. The van der Waals surface area contributed by atoms with Crippen molar-refractivity contribution in [3.63, 3.8) is 0 Å². The molecule has 0 amide bonds. The zero-order valence-corrected chi connectivity index (χ0v) is 11.7. The molecule has 0 aromatic carbocycles. The van der Waals surface area contributed by atoms with Crippen molar-refractivity contribution in [2.45, 2.75) is 38.5 Å². The lowest BCUT2D eigenvalue weighted by molar-refractivity contribution is 0.00298. The van der Waals surface area contributed by atoms with Crippen LogP contribution in [0.15, 0.2) is 23.6 Å². The Morgan fingerprint density at radius 1 is 1.68 bits per heavy atom. The van der Waals surface area contributed by atoms with Crippen LogP contribution in [0.4, 0.5) is 5.69 Å². The van der Waals surface area contributed by atoms with E-state index in [-0.39, 0.29) is 10.6 Å². The van der Waals surface area contributed by atoms with Gasteiger partial charge in [-0.2, -0.15) is 5.10 Å². The first-order chi connectivity index (χ1) is 9.15. The van der Waals surface area contributed by atoms with Crippen molar-refractivity contribution in [2.75, 3.05) is 11.9 Å². The minimum atomic E-state index is -0.299. The quantitative estimate of drug-likeness (QED) is 0.812. The molecule has 104 valence electrons. The molecule has 0 spiro atoms. The number of anilines is 1. The van der Waals surface area contributed by atoms with Gasteiger partial charge < -0.3 is 10.1 Å². The van der Waals surface area contributed by atoms with Crippen molar-refractivity contribution in [1.29, 1.82) is 0 Å². The summed E-state index contributed by atoms with van der Waals surface area (Å²) in [6.07, 6.45) is 5.37. The van der Waals surface area contributed by atoms with Gasteiger partial charge in [-0.05, 0) is 19.8 Å². The van der Waals surface area contributed by atoms with Crippen LogP contribution in [0.1, 0.15) is 19.8 Å². The molecule has 1 aromatic heterocycles. The Hall–Kier alpha value is -1.33. The van der Waals surface area contributed by atoms with Gasteiger partial charge in [0, 0.05) is 12.6 Å². The van der Waals surface area contributed by atoms with E-state index in [4.69, 9.17) is 16.3 Å². The lowest BCUT2D eigenvalue weighted by Gasteiger charge is -2.36. The highest BCUT2D eigenvalue weighted by Gasteiger charge is 2.30. The predicted molar refractivity (Wildman–Crippen MR) is 75.8 cm³/mol. The largest absolute Gasteiger partial charge is 0.379 e.